The summed E-state index contributed by atoms with van der Waals surface area (Å²) in [4.78, 5) is 19.1. The van der Waals surface area contributed by atoms with Crippen LogP contribution in [0.2, 0.25) is 0 Å². The number of aromatic nitrogens is 1. The Morgan fingerprint density at radius 3 is 2.74 bits per heavy atom. The quantitative estimate of drug-likeness (QED) is 0.920. The molecule has 2 heterocycles. The molecule has 19 heavy (non-hydrogen) atoms. The fraction of sp³-hybridized carbons (Fsp3) is 0.714. The van der Waals surface area contributed by atoms with Gasteiger partial charge < -0.3 is 10.2 Å². The number of carbonyl (C=O) groups excluding carboxylic acids is 1. The van der Waals surface area contributed by atoms with E-state index in [2.05, 4.69) is 29.0 Å². The van der Waals surface area contributed by atoms with Crippen molar-refractivity contribution in [2.45, 2.75) is 27.2 Å². The maximum absolute atomic E-state index is 11.9. The number of nitrogens with zero attached hydrogens (tertiary/aromatic N) is 2. The fourth-order valence-electron chi connectivity index (χ4n) is 2.86. The van der Waals surface area contributed by atoms with E-state index < -0.39 is 0 Å². The molecule has 2 rings (SSSR count). The standard InChI is InChI=1S/C14H23N3OS/c1-10-6-11(2)9-17(8-10)5-4-15-14(18)13-7-16-12(3)19-13/h7,10-11H,4-6,8-9H2,1-3H3,(H,15,18)/t10-,11-/m0/s1. The molecule has 0 spiro atoms. The van der Waals surface area contributed by atoms with Crippen molar-refractivity contribution in [3.05, 3.63) is 16.1 Å². The van der Waals surface area contributed by atoms with Crippen molar-refractivity contribution in [2.75, 3.05) is 26.2 Å². The van der Waals surface area contributed by atoms with Crippen molar-refractivity contribution >= 4 is 17.2 Å². The molecule has 5 heteroatoms. The van der Waals surface area contributed by atoms with Crippen LogP contribution in [0, 0.1) is 18.8 Å². The molecule has 106 valence electrons. The van der Waals surface area contributed by atoms with Gasteiger partial charge in [-0.1, -0.05) is 13.8 Å². The molecule has 1 aromatic rings. The Hall–Kier alpha value is -0.940. The summed E-state index contributed by atoms with van der Waals surface area (Å²) in [5, 5.41) is 3.91. The third kappa shape index (κ3) is 4.28. The first-order chi connectivity index (χ1) is 9.04. The first-order valence-electron chi connectivity index (χ1n) is 6.97. The minimum atomic E-state index is 0.00343. The minimum Gasteiger partial charge on any atom is -0.350 e. The molecule has 1 saturated heterocycles. The summed E-state index contributed by atoms with van der Waals surface area (Å²) in [6.07, 6.45) is 2.98. The van der Waals surface area contributed by atoms with Gasteiger partial charge in [0.05, 0.1) is 11.2 Å². The highest BCUT2D eigenvalue weighted by Gasteiger charge is 2.21. The Morgan fingerprint density at radius 1 is 1.47 bits per heavy atom. The Bertz CT molecular complexity index is 422. The molecule has 1 aliphatic rings. The first-order valence-corrected chi connectivity index (χ1v) is 7.79. The molecule has 0 saturated carbocycles. The lowest BCUT2D eigenvalue weighted by molar-refractivity contribution is 0.0940. The molecule has 0 aliphatic carbocycles. The average molecular weight is 281 g/mol. The second-order valence-electron chi connectivity index (χ2n) is 5.71. The number of hydrogen-bond donors (Lipinski definition) is 1. The fourth-order valence-corrected chi connectivity index (χ4v) is 3.55. The van der Waals surface area contributed by atoms with Gasteiger partial charge in [0.15, 0.2) is 0 Å². The Morgan fingerprint density at radius 2 is 2.16 bits per heavy atom. The molecule has 0 aromatic carbocycles. The van der Waals surface area contributed by atoms with E-state index in [4.69, 9.17) is 0 Å². The number of nitrogens with one attached hydrogen (secondary N) is 1. The van der Waals surface area contributed by atoms with Gasteiger partial charge in [-0.05, 0) is 25.2 Å². The second kappa shape index (κ2) is 6.48. The van der Waals surface area contributed by atoms with Crippen LogP contribution < -0.4 is 5.32 Å². The van der Waals surface area contributed by atoms with E-state index in [0.717, 1.165) is 43.0 Å². The molecule has 1 aromatic heterocycles. The molecular formula is C14H23N3OS. The molecule has 0 unspecified atom stereocenters. The normalized spacial score (nSPS) is 24.4. The number of carbonyl (C=O) groups is 1. The number of likely N-dealkylation sites (tertiary alicyclic amines) is 1. The molecule has 1 aliphatic heterocycles. The summed E-state index contributed by atoms with van der Waals surface area (Å²) in [6.45, 7) is 10.5. The summed E-state index contributed by atoms with van der Waals surface area (Å²) in [6, 6.07) is 0. The molecule has 4 nitrogen and oxygen atoms in total. The predicted octanol–water partition coefficient (Wildman–Crippen LogP) is 2.16. The third-order valence-corrected chi connectivity index (χ3v) is 4.41. The van der Waals surface area contributed by atoms with E-state index in [1.807, 2.05) is 6.92 Å². The van der Waals surface area contributed by atoms with E-state index in [0.29, 0.717) is 4.88 Å². The van der Waals surface area contributed by atoms with Crippen molar-refractivity contribution in [2.24, 2.45) is 11.8 Å². The molecule has 0 bridgehead atoms. The number of amides is 1. The highest BCUT2D eigenvalue weighted by Crippen LogP contribution is 2.20. The molecular weight excluding hydrogens is 258 g/mol. The largest absolute Gasteiger partial charge is 0.350 e. The number of piperidine rings is 1. The van der Waals surface area contributed by atoms with Gasteiger partial charge in [0.25, 0.3) is 5.91 Å². The number of aryl methyl sites for hydroxylation is 1. The van der Waals surface area contributed by atoms with Gasteiger partial charge >= 0.3 is 0 Å². The van der Waals surface area contributed by atoms with Crippen molar-refractivity contribution in [1.29, 1.82) is 0 Å². The van der Waals surface area contributed by atoms with Crippen LogP contribution in [-0.2, 0) is 0 Å². The zero-order valence-corrected chi connectivity index (χ0v) is 12.8. The van der Waals surface area contributed by atoms with E-state index in [-0.39, 0.29) is 5.91 Å². The van der Waals surface area contributed by atoms with E-state index in [1.54, 1.807) is 6.20 Å². The lowest BCUT2D eigenvalue weighted by atomic mass is 9.92. The zero-order valence-electron chi connectivity index (χ0n) is 12.0. The number of thiazole rings is 1. The van der Waals surface area contributed by atoms with Crippen molar-refractivity contribution in [3.63, 3.8) is 0 Å². The summed E-state index contributed by atoms with van der Waals surface area (Å²) in [5.74, 6) is 1.54. The van der Waals surface area contributed by atoms with Gasteiger partial charge in [-0.3, -0.25) is 4.79 Å². The van der Waals surface area contributed by atoms with Gasteiger partial charge in [-0.15, -0.1) is 11.3 Å². The van der Waals surface area contributed by atoms with Crippen LogP contribution in [0.3, 0.4) is 0 Å². The molecule has 1 fully saturated rings. The SMILES string of the molecule is Cc1ncc(C(=O)NCCN2C[C@@H](C)C[C@H](C)C2)s1. The smallest absolute Gasteiger partial charge is 0.263 e. The lowest BCUT2D eigenvalue weighted by Crippen LogP contribution is -2.42. The van der Waals surface area contributed by atoms with E-state index in [9.17, 15) is 4.79 Å². The molecule has 0 radical (unpaired) electrons. The van der Waals surface area contributed by atoms with Crippen molar-refractivity contribution in [1.82, 2.24) is 15.2 Å². The van der Waals surface area contributed by atoms with Crippen LogP contribution in [-0.4, -0.2) is 42.0 Å². The summed E-state index contributed by atoms with van der Waals surface area (Å²) in [7, 11) is 0. The van der Waals surface area contributed by atoms with Gasteiger partial charge in [-0.25, -0.2) is 4.98 Å². The topological polar surface area (TPSA) is 45.2 Å². The van der Waals surface area contributed by atoms with Crippen LogP contribution in [0.5, 0.6) is 0 Å². The van der Waals surface area contributed by atoms with E-state index >= 15 is 0 Å². The van der Waals surface area contributed by atoms with E-state index in [1.165, 1.54) is 17.8 Å². The van der Waals surface area contributed by atoms with Crippen LogP contribution >= 0.6 is 11.3 Å². The monoisotopic (exact) mass is 281 g/mol. The summed E-state index contributed by atoms with van der Waals surface area (Å²) < 4.78 is 0. The van der Waals surface area contributed by atoms with Crippen LogP contribution in [0.15, 0.2) is 6.20 Å². The summed E-state index contributed by atoms with van der Waals surface area (Å²) in [5.41, 5.74) is 0. The van der Waals surface area contributed by atoms with Crippen molar-refractivity contribution < 1.29 is 4.79 Å². The maximum atomic E-state index is 11.9. The average Bonchev–Trinajstić information content (AvgIpc) is 2.74. The number of rotatable bonds is 4. The van der Waals surface area contributed by atoms with Crippen LogP contribution in [0.1, 0.15) is 34.9 Å². The first kappa shape index (κ1) is 14.5. The zero-order chi connectivity index (χ0) is 13.8. The predicted molar refractivity (Wildman–Crippen MR) is 78.6 cm³/mol. The lowest BCUT2D eigenvalue weighted by Gasteiger charge is -2.34. The highest BCUT2D eigenvalue weighted by atomic mass is 32.1. The number of hydrogen-bond acceptors (Lipinski definition) is 4. The Labute approximate surface area is 119 Å². The molecule has 1 N–H and O–H groups in total. The Balaban J connectivity index is 1.73. The van der Waals surface area contributed by atoms with Gasteiger partial charge in [0.1, 0.15) is 4.88 Å². The van der Waals surface area contributed by atoms with Crippen molar-refractivity contribution in [3.8, 4) is 0 Å². The van der Waals surface area contributed by atoms with Gasteiger partial charge in [0.2, 0.25) is 0 Å². The third-order valence-electron chi connectivity index (χ3n) is 3.50. The van der Waals surface area contributed by atoms with Crippen LogP contribution in [0.25, 0.3) is 0 Å². The van der Waals surface area contributed by atoms with Gasteiger partial charge in [-0.2, -0.15) is 0 Å². The highest BCUT2D eigenvalue weighted by molar-refractivity contribution is 7.13. The molecule has 2 atom stereocenters. The minimum absolute atomic E-state index is 0.00343. The Kier molecular flexibility index (Phi) is 4.93. The van der Waals surface area contributed by atoms with Gasteiger partial charge in [0, 0.05) is 26.2 Å². The van der Waals surface area contributed by atoms with Crippen LogP contribution in [0.4, 0.5) is 0 Å². The summed E-state index contributed by atoms with van der Waals surface area (Å²) >= 11 is 1.45. The molecule has 1 amide bonds. The maximum Gasteiger partial charge on any atom is 0.263 e. The second-order valence-corrected chi connectivity index (χ2v) is 6.94.